The van der Waals surface area contributed by atoms with Crippen LogP contribution in [0.4, 0.5) is 4.39 Å². The van der Waals surface area contributed by atoms with Crippen LogP contribution >= 0.6 is 28.3 Å². The van der Waals surface area contributed by atoms with Gasteiger partial charge in [-0.05, 0) is 49.1 Å². The quantitative estimate of drug-likeness (QED) is 0.829. The Morgan fingerprint density at radius 2 is 2.27 bits per heavy atom. The average molecular weight is 392 g/mol. The van der Waals surface area contributed by atoms with Crippen LogP contribution in [0, 0.1) is 17.2 Å². The summed E-state index contributed by atoms with van der Waals surface area (Å²) in [6, 6.07) is 4.55. The molecular weight excluding hydrogens is 371 g/mol. The highest BCUT2D eigenvalue weighted by molar-refractivity contribution is 9.10. The lowest BCUT2D eigenvalue weighted by atomic mass is 9.67. The van der Waals surface area contributed by atoms with Crippen molar-refractivity contribution in [1.82, 2.24) is 10.6 Å². The van der Waals surface area contributed by atoms with Gasteiger partial charge in [-0.15, -0.1) is 12.4 Å². The van der Waals surface area contributed by atoms with Crippen molar-refractivity contribution in [3.63, 3.8) is 0 Å². The van der Waals surface area contributed by atoms with Gasteiger partial charge in [0.15, 0.2) is 0 Å². The molecule has 1 aliphatic carbocycles. The molecule has 0 unspecified atom stereocenters. The molecule has 3 rings (SSSR count). The number of carbonyl (C=O) groups excluding carboxylic acids is 1. The maximum Gasteiger partial charge on any atom is 0.228 e. The van der Waals surface area contributed by atoms with Crippen molar-refractivity contribution < 1.29 is 9.18 Å². The molecule has 3 nitrogen and oxygen atoms in total. The van der Waals surface area contributed by atoms with Crippen molar-refractivity contribution >= 4 is 34.2 Å². The van der Waals surface area contributed by atoms with Crippen LogP contribution in [0.1, 0.15) is 31.2 Å². The number of benzene rings is 1. The predicted molar refractivity (Wildman–Crippen MR) is 90.5 cm³/mol. The fraction of sp³-hybridized carbons (Fsp3) is 0.562. The van der Waals surface area contributed by atoms with Gasteiger partial charge in [0.2, 0.25) is 5.91 Å². The van der Waals surface area contributed by atoms with Crippen LogP contribution in [-0.4, -0.2) is 19.0 Å². The number of hydrogen-bond acceptors (Lipinski definition) is 2. The number of nitrogens with one attached hydrogen (secondary N) is 2. The zero-order valence-electron chi connectivity index (χ0n) is 12.3. The van der Waals surface area contributed by atoms with Gasteiger partial charge in [0, 0.05) is 17.6 Å². The largest absolute Gasteiger partial charge is 0.351 e. The molecule has 0 bridgehead atoms. The van der Waals surface area contributed by atoms with Crippen LogP contribution in [0.5, 0.6) is 0 Å². The molecule has 122 valence electrons. The van der Waals surface area contributed by atoms with Crippen LogP contribution in [0.15, 0.2) is 22.7 Å². The second-order valence-corrected chi connectivity index (χ2v) is 7.00. The van der Waals surface area contributed by atoms with E-state index < -0.39 is 0 Å². The Labute approximate surface area is 145 Å². The topological polar surface area (TPSA) is 41.1 Å². The Morgan fingerprint density at radius 3 is 3.09 bits per heavy atom. The summed E-state index contributed by atoms with van der Waals surface area (Å²) in [4.78, 5) is 12.7. The lowest BCUT2D eigenvalue weighted by Gasteiger charge is -2.37. The summed E-state index contributed by atoms with van der Waals surface area (Å²) >= 11 is 3.40. The van der Waals surface area contributed by atoms with Gasteiger partial charge in [0.25, 0.3) is 0 Å². The zero-order valence-corrected chi connectivity index (χ0v) is 14.7. The van der Waals surface area contributed by atoms with E-state index >= 15 is 0 Å². The molecule has 0 spiro atoms. The highest BCUT2D eigenvalue weighted by Gasteiger charge is 2.49. The van der Waals surface area contributed by atoms with Gasteiger partial charge in [0.1, 0.15) is 5.82 Å². The van der Waals surface area contributed by atoms with Gasteiger partial charge in [-0.25, -0.2) is 4.39 Å². The van der Waals surface area contributed by atoms with Crippen LogP contribution < -0.4 is 10.6 Å². The molecule has 0 radical (unpaired) electrons. The van der Waals surface area contributed by atoms with E-state index in [4.69, 9.17) is 0 Å². The standard InChI is InChI=1S/C16H20BrFN2O.ClH/c17-14-5-4-13(18)7-11(14)8-20-15(21)16-6-2-1-3-12(16)9-19-10-16;/h4-5,7,12,19H,1-3,6,8-10H2,(H,20,21);1H/t12-,16+;/m0./s1. The first kappa shape index (κ1) is 17.7. The summed E-state index contributed by atoms with van der Waals surface area (Å²) in [5.41, 5.74) is 0.524. The van der Waals surface area contributed by atoms with Crippen molar-refractivity contribution in [3.05, 3.63) is 34.1 Å². The first-order valence-corrected chi connectivity index (χ1v) is 8.34. The third-order valence-corrected chi connectivity index (χ3v) is 5.71. The number of rotatable bonds is 3. The van der Waals surface area contributed by atoms with Crippen LogP contribution in [0.25, 0.3) is 0 Å². The van der Waals surface area contributed by atoms with Gasteiger partial charge >= 0.3 is 0 Å². The first-order chi connectivity index (χ1) is 10.1. The first-order valence-electron chi connectivity index (χ1n) is 7.55. The molecule has 1 aliphatic heterocycles. The van der Waals surface area contributed by atoms with Gasteiger partial charge in [-0.1, -0.05) is 28.8 Å². The number of hydrogen-bond donors (Lipinski definition) is 2. The van der Waals surface area contributed by atoms with E-state index in [-0.39, 0.29) is 29.5 Å². The molecular formula is C16H21BrClFN2O. The lowest BCUT2D eigenvalue weighted by molar-refractivity contribution is -0.134. The van der Waals surface area contributed by atoms with Crippen molar-refractivity contribution in [2.75, 3.05) is 13.1 Å². The van der Waals surface area contributed by atoms with E-state index in [0.717, 1.165) is 42.4 Å². The van der Waals surface area contributed by atoms with Gasteiger partial charge < -0.3 is 10.6 Å². The van der Waals surface area contributed by atoms with E-state index in [2.05, 4.69) is 26.6 Å². The van der Waals surface area contributed by atoms with Gasteiger partial charge in [0.05, 0.1) is 5.41 Å². The third-order valence-electron chi connectivity index (χ3n) is 4.94. The van der Waals surface area contributed by atoms with Gasteiger partial charge in [-0.2, -0.15) is 0 Å². The van der Waals surface area contributed by atoms with E-state index in [1.165, 1.54) is 18.6 Å². The molecule has 1 aromatic rings. The van der Waals surface area contributed by atoms with Crippen molar-refractivity contribution in [1.29, 1.82) is 0 Å². The molecule has 6 heteroatoms. The summed E-state index contributed by atoms with van der Waals surface area (Å²) < 4.78 is 14.1. The molecule has 22 heavy (non-hydrogen) atoms. The smallest absolute Gasteiger partial charge is 0.228 e. The molecule has 1 saturated carbocycles. The second kappa shape index (κ2) is 7.28. The predicted octanol–water partition coefficient (Wildman–Crippen LogP) is 3.41. The minimum atomic E-state index is -0.279. The van der Waals surface area contributed by atoms with E-state index in [0.29, 0.717) is 12.5 Å². The number of fused-ring (bicyclic) bond motifs is 1. The highest BCUT2D eigenvalue weighted by atomic mass is 79.9. The monoisotopic (exact) mass is 390 g/mol. The Morgan fingerprint density at radius 1 is 1.45 bits per heavy atom. The maximum absolute atomic E-state index is 13.3. The summed E-state index contributed by atoms with van der Waals surface area (Å²) in [7, 11) is 0. The molecule has 1 saturated heterocycles. The summed E-state index contributed by atoms with van der Waals surface area (Å²) in [5, 5.41) is 6.40. The Hall–Kier alpha value is -0.650. The van der Waals surface area contributed by atoms with Crippen LogP contribution in [-0.2, 0) is 11.3 Å². The number of carbonyl (C=O) groups is 1. The molecule has 0 aromatic heterocycles. The summed E-state index contributed by atoms with van der Waals surface area (Å²) in [5.74, 6) is 0.286. The van der Waals surface area contributed by atoms with Crippen molar-refractivity contribution in [2.24, 2.45) is 11.3 Å². The summed E-state index contributed by atoms with van der Waals surface area (Å²) in [6.07, 6.45) is 4.43. The third kappa shape index (κ3) is 3.31. The molecule has 2 aliphatic rings. The number of halogens is 3. The van der Waals surface area contributed by atoms with Crippen LogP contribution in [0.2, 0.25) is 0 Å². The molecule has 2 fully saturated rings. The van der Waals surface area contributed by atoms with Crippen molar-refractivity contribution in [3.8, 4) is 0 Å². The Balaban J connectivity index is 0.00000176. The molecule has 1 heterocycles. The molecule has 2 N–H and O–H groups in total. The molecule has 1 amide bonds. The minimum Gasteiger partial charge on any atom is -0.351 e. The minimum absolute atomic E-state index is 0. The summed E-state index contributed by atoms with van der Waals surface area (Å²) in [6.45, 7) is 2.08. The number of amides is 1. The van der Waals surface area contributed by atoms with E-state index in [1.807, 2.05) is 0 Å². The highest BCUT2D eigenvalue weighted by Crippen LogP contribution is 2.43. The van der Waals surface area contributed by atoms with Crippen molar-refractivity contribution in [2.45, 2.75) is 32.2 Å². The average Bonchev–Trinajstić information content (AvgIpc) is 2.93. The second-order valence-electron chi connectivity index (χ2n) is 6.15. The fourth-order valence-corrected chi connectivity index (χ4v) is 4.11. The van der Waals surface area contributed by atoms with E-state index in [1.54, 1.807) is 6.07 Å². The normalized spacial score (nSPS) is 26.9. The SMILES string of the molecule is Cl.O=C(NCc1cc(F)ccc1Br)[C@@]12CCCC[C@H]1CNC2. The van der Waals surface area contributed by atoms with Crippen LogP contribution in [0.3, 0.4) is 0 Å². The lowest BCUT2D eigenvalue weighted by Crippen LogP contribution is -2.47. The Bertz CT molecular complexity index is 557. The maximum atomic E-state index is 13.3. The Kier molecular flexibility index (Phi) is 5.86. The molecule has 2 atom stereocenters. The van der Waals surface area contributed by atoms with Gasteiger partial charge in [-0.3, -0.25) is 4.79 Å². The fourth-order valence-electron chi connectivity index (χ4n) is 3.72. The zero-order chi connectivity index (χ0) is 14.9. The van der Waals surface area contributed by atoms with E-state index in [9.17, 15) is 9.18 Å². The molecule has 1 aromatic carbocycles.